The summed E-state index contributed by atoms with van der Waals surface area (Å²) in [5.41, 5.74) is 5.85. The fraction of sp³-hybridized carbons (Fsp3) is 1.00. The smallest absolute Gasteiger partial charge is 0.0718 e. The maximum absolute atomic E-state index is 11.5. The Hall–Kier alpha value is -0.0800. The van der Waals surface area contributed by atoms with E-state index in [1.807, 2.05) is 0 Å². The number of nitrogens with two attached hydrogens (primary N) is 1. The van der Waals surface area contributed by atoms with Crippen molar-refractivity contribution in [3.05, 3.63) is 0 Å². The molecule has 0 aliphatic heterocycles. The summed E-state index contributed by atoms with van der Waals surface area (Å²) >= 11 is 0. The van der Waals surface area contributed by atoms with Gasteiger partial charge in [-0.1, -0.05) is 33.1 Å². The summed E-state index contributed by atoms with van der Waals surface area (Å²) in [4.78, 5) is 0. The highest BCUT2D eigenvalue weighted by Gasteiger charge is 2.60. The van der Waals surface area contributed by atoms with Crippen LogP contribution in [0.15, 0.2) is 0 Å². The van der Waals surface area contributed by atoms with Crippen molar-refractivity contribution < 1.29 is 5.11 Å². The predicted molar refractivity (Wildman–Crippen MR) is 83.3 cm³/mol. The number of aliphatic hydroxyl groups is 1. The van der Waals surface area contributed by atoms with E-state index in [0.29, 0.717) is 12.5 Å². The summed E-state index contributed by atoms with van der Waals surface area (Å²) in [6.45, 7) is 5.38. The van der Waals surface area contributed by atoms with Crippen molar-refractivity contribution in [2.24, 2.45) is 34.8 Å². The first-order valence-corrected chi connectivity index (χ1v) is 8.93. The highest BCUT2D eigenvalue weighted by atomic mass is 16.3. The SMILES string of the molecule is CC(C)C1CCCC(O)(C2(CN)CC3CCC2C3)CC1. The molecule has 3 saturated carbocycles. The normalized spacial score (nSPS) is 48.8. The highest BCUT2D eigenvalue weighted by Crippen LogP contribution is 2.62. The van der Waals surface area contributed by atoms with E-state index in [-0.39, 0.29) is 5.41 Å². The molecule has 0 amide bonds. The third-order valence-electron chi connectivity index (χ3n) is 7.30. The average Bonchev–Trinajstić information content (AvgIpc) is 2.97. The Labute approximate surface area is 124 Å². The molecule has 0 aromatic rings. The van der Waals surface area contributed by atoms with Crippen LogP contribution in [0, 0.1) is 29.1 Å². The molecule has 20 heavy (non-hydrogen) atoms. The molecule has 0 aromatic heterocycles. The van der Waals surface area contributed by atoms with Gasteiger partial charge in [-0.3, -0.25) is 0 Å². The van der Waals surface area contributed by atoms with E-state index in [2.05, 4.69) is 13.8 Å². The Morgan fingerprint density at radius 3 is 2.50 bits per heavy atom. The minimum absolute atomic E-state index is 0.0573. The van der Waals surface area contributed by atoms with Crippen LogP contribution in [0.1, 0.15) is 71.6 Å². The first-order valence-electron chi connectivity index (χ1n) is 8.93. The molecule has 3 rings (SSSR count). The van der Waals surface area contributed by atoms with Crippen LogP contribution in [0.3, 0.4) is 0 Å². The van der Waals surface area contributed by atoms with E-state index in [1.165, 1.54) is 44.9 Å². The Kier molecular flexibility index (Phi) is 3.92. The molecule has 5 unspecified atom stereocenters. The minimum Gasteiger partial charge on any atom is -0.389 e. The van der Waals surface area contributed by atoms with Gasteiger partial charge in [-0.2, -0.15) is 0 Å². The standard InChI is InChI=1S/C18H33NO/c1-13(2)15-4-3-8-18(20,9-7-15)17(12-19)11-14-5-6-16(17)10-14/h13-16,20H,3-12,19H2,1-2H3. The van der Waals surface area contributed by atoms with Crippen molar-refractivity contribution in [2.75, 3.05) is 6.54 Å². The molecule has 116 valence electrons. The van der Waals surface area contributed by atoms with Gasteiger partial charge in [-0.25, -0.2) is 0 Å². The number of hydrogen-bond acceptors (Lipinski definition) is 2. The summed E-state index contributed by atoms with van der Waals surface area (Å²) in [5, 5.41) is 11.5. The monoisotopic (exact) mass is 279 g/mol. The molecule has 2 nitrogen and oxygen atoms in total. The Bertz CT molecular complexity index is 355. The molecule has 0 spiro atoms. The van der Waals surface area contributed by atoms with Crippen molar-refractivity contribution in [1.29, 1.82) is 0 Å². The Morgan fingerprint density at radius 2 is 1.95 bits per heavy atom. The van der Waals surface area contributed by atoms with E-state index in [0.717, 1.165) is 30.6 Å². The molecule has 5 atom stereocenters. The van der Waals surface area contributed by atoms with Crippen molar-refractivity contribution in [1.82, 2.24) is 0 Å². The summed E-state index contributed by atoms with van der Waals surface area (Å²) < 4.78 is 0. The third-order valence-corrected chi connectivity index (χ3v) is 7.30. The summed E-state index contributed by atoms with van der Waals surface area (Å²) in [5.74, 6) is 3.12. The molecule has 0 heterocycles. The van der Waals surface area contributed by atoms with Crippen molar-refractivity contribution in [3.8, 4) is 0 Å². The van der Waals surface area contributed by atoms with Gasteiger partial charge in [0.1, 0.15) is 0 Å². The second-order valence-electron chi connectivity index (χ2n) is 8.41. The molecule has 3 fully saturated rings. The maximum Gasteiger partial charge on any atom is 0.0718 e. The lowest BCUT2D eigenvalue weighted by Gasteiger charge is -2.50. The van der Waals surface area contributed by atoms with Gasteiger partial charge in [0.05, 0.1) is 5.60 Å². The predicted octanol–water partition coefficient (Wildman–Crippen LogP) is 3.72. The molecular formula is C18H33NO. The summed E-state index contributed by atoms with van der Waals surface area (Å²) in [6, 6.07) is 0. The van der Waals surface area contributed by atoms with Crippen LogP contribution in [-0.4, -0.2) is 17.3 Å². The second kappa shape index (κ2) is 5.28. The van der Waals surface area contributed by atoms with Gasteiger partial charge in [0.2, 0.25) is 0 Å². The van der Waals surface area contributed by atoms with E-state index < -0.39 is 5.60 Å². The zero-order valence-electron chi connectivity index (χ0n) is 13.4. The lowest BCUT2D eigenvalue weighted by atomic mass is 9.59. The van der Waals surface area contributed by atoms with E-state index in [9.17, 15) is 5.11 Å². The maximum atomic E-state index is 11.5. The van der Waals surface area contributed by atoms with Gasteiger partial charge in [0.15, 0.2) is 0 Å². The van der Waals surface area contributed by atoms with Gasteiger partial charge in [-0.15, -0.1) is 0 Å². The molecule has 0 saturated heterocycles. The fourth-order valence-corrected chi connectivity index (χ4v) is 5.97. The van der Waals surface area contributed by atoms with E-state index in [1.54, 1.807) is 0 Å². The quantitative estimate of drug-likeness (QED) is 0.773. The van der Waals surface area contributed by atoms with Gasteiger partial charge < -0.3 is 10.8 Å². The molecule has 3 aliphatic carbocycles. The zero-order valence-corrected chi connectivity index (χ0v) is 13.4. The largest absolute Gasteiger partial charge is 0.389 e. The molecule has 0 radical (unpaired) electrons. The number of rotatable bonds is 3. The lowest BCUT2D eigenvalue weighted by molar-refractivity contribution is -0.120. The van der Waals surface area contributed by atoms with Crippen molar-refractivity contribution >= 4 is 0 Å². The number of hydrogen-bond donors (Lipinski definition) is 2. The highest BCUT2D eigenvalue weighted by molar-refractivity contribution is 5.11. The zero-order chi connectivity index (χ0) is 14.4. The molecule has 2 heteroatoms. The van der Waals surface area contributed by atoms with Crippen LogP contribution < -0.4 is 5.73 Å². The Morgan fingerprint density at radius 1 is 1.15 bits per heavy atom. The molecule has 2 bridgehead atoms. The van der Waals surface area contributed by atoms with Crippen LogP contribution in [0.25, 0.3) is 0 Å². The first-order chi connectivity index (χ1) is 9.51. The average molecular weight is 279 g/mol. The summed E-state index contributed by atoms with van der Waals surface area (Å²) in [7, 11) is 0. The third kappa shape index (κ3) is 2.14. The topological polar surface area (TPSA) is 46.2 Å². The van der Waals surface area contributed by atoms with Crippen LogP contribution in [0.5, 0.6) is 0 Å². The second-order valence-corrected chi connectivity index (χ2v) is 8.41. The van der Waals surface area contributed by atoms with Crippen molar-refractivity contribution in [2.45, 2.75) is 77.2 Å². The van der Waals surface area contributed by atoms with Gasteiger partial charge in [-0.05, 0) is 62.2 Å². The minimum atomic E-state index is -0.467. The van der Waals surface area contributed by atoms with Gasteiger partial charge in [0, 0.05) is 12.0 Å². The first kappa shape index (κ1) is 14.8. The van der Waals surface area contributed by atoms with Crippen LogP contribution in [-0.2, 0) is 0 Å². The van der Waals surface area contributed by atoms with Gasteiger partial charge in [0.25, 0.3) is 0 Å². The summed E-state index contributed by atoms with van der Waals surface area (Å²) in [6.07, 6.45) is 10.9. The number of fused-ring (bicyclic) bond motifs is 2. The van der Waals surface area contributed by atoms with E-state index in [4.69, 9.17) is 5.73 Å². The van der Waals surface area contributed by atoms with Crippen LogP contribution >= 0.6 is 0 Å². The van der Waals surface area contributed by atoms with Crippen molar-refractivity contribution in [3.63, 3.8) is 0 Å². The van der Waals surface area contributed by atoms with Crippen LogP contribution in [0.4, 0.5) is 0 Å². The lowest BCUT2D eigenvalue weighted by Crippen LogP contribution is -2.55. The van der Waals surface area contributed by atoms with Gasteiger partial charge >= 0.3 is 0 Å². The van der Waals surface area contributed by atoms with E-state index >= 15 is 0 Å². The fourth-order valence-electron chi connectivity index (χ4n) is 5.97. The molecular weight excluding hydrogens is 246 g/mol. The molecule has 3 N–H and O–H groups in total. The van der Waals surface area contributed by atoms with Crippen LogP contribution in [0.2, 0.25) is 0 Å². The molecule has 3 aliphatic rings. The Balaban J connectivity index is 1.80. The molecule has 0 aromatic carbocycles.